The zero-order valence-electron chi connectivity index (χ0n) is 4.20. The second-order valence-corrected chi connectivity index (χ2v) is 2.64. The quantitative estimate of drug-likeness (QED) is 0.300. The lowest BCUT2D eigenvalue weighted by atomic mass is 10.8. The molecule has 1 atom stereocenters. The number of thiol groups is 1. The number of hydrogen-bond donors (Lipinski definition) is 1. The fraction of sp³-hybridized carbons (Fsp3) is 0.667. The topological polar surface area (TPSA) is 21.6 Å². The fourth-order valence-corrected chi connectivity index (χ4v) is 0.977. The van der Waals surface area contributed by atoms with E-state index in [2.05, 4.69) is 38.9 Å². The van der Waals surface area contributed by atoms with Crippen molar-refractivity contribution in [3.05, 3.63) is 0 Å². The first-order chi connectivity index (χ1) is 3.81. The molecule has 8 heavy (non-hydrogen) atoms. The van der Waals surface area contributed by atoms with Crippen molar-refractivity contribution in [2.75, 3.05) is 0 Å². The molecule has 0 aliphatic carbocycles. The largest absolute Gasteiger partial charge is 0.248 e. The Morgan fingerprint density at radius 2 is 2.62 bits per heavy atom. The number of rotatable bonds is 3. The van der Waals surface area contributed by atoms with Gasteiger partial charge in [-0.2, -0.15) is 0 Å². The minimum atomic E-state index is -0.00926. The standard InChI is InChI=1S/C3H5NOS3/c1-3(4-2-6)8-5-7/h3,7H,1H3. The third kappa shape index (κ3) is 4.61. The molecule has 0 N–H and O–H groups in total. The Balaban J connectivity index is 3.31. The molecule has 5 heteroatoms. The Hall–Kier alpha value is 0.460. The predicted molar refractivity (Wildman–Crippen MR) is 42.2 cm³/mol. The highest BCUT2D eigenvalue weighted by Crippen LogP contribution is 2.12. The maximum atomic E-state index is 4.39. The third-order valence-corrected chi connectivity index (χ3v) is 1.25. The Morgan fingerprint density at radius 3 is 3.00 bits per heavy atom. The molecule has 0 saturated carbocycles. The van der Waals surface area contributed by atoms with Gasteiger partial charge in [-0.05, 0) is 32.1 Å². The van der Waals surface area contributed by atoms with E-state index in [-0.39, 0.29) is 5.37 Å². The van der Waals surface area contributed by atoms with Gasteiger partial charge in [-0.15, -0.1) is 0 Å². The molecule has 0 amide bonds. The zero-order chi connectivity index (χ0) is 6.41. The van der Waals surface area contributed by atoms with E-state index in [1.54, 1.807) is 0 Å². The van der Waals surface area contributed by atoms with Gasteiger partial charge in [0.05, 0.1) is 5.16 Å². The van der Waals surface area contributed by atoms with E-state index in [4.69, 9.17) is 0 Å². The predicted octanol–water partition coefficient (Wildman–Crippen LogP) is 1.94. The maximum Gasteiger partial charge on any atom is 0.130 e. The second kappa shape index (κ2) is 5.59. The summed E-state index contributed by atoms with van der Waals surface area (Å²) in [5, 5.41) is 2.22. The van der Waals surface area contributed by atoms with Crippen molar-refractivity contribution in [1.82, 2.24) is 0 Å². The Bertz CT molecular complexity index is 101. The van der Waals surface area contributed by atoms with Crippen LogP contribution < -0.4 is 0 Å². The Labute approximate surface area is 63.5 Å². The molecular weight excluding hydrogens is 162 g/mol. The van der Waals surface area contributed by atoms with Gasteiger partial charge in [0.1, 0.15) is 5.37 Å². The van der Waals surface area contributed by atoms with Crippen molar-refractivity contribution in [3.8, 4) is 0 Å². The van der Waals surface area contributed by atoms with Crippen LogP contribution >= 0.6 is 37.2 Å². The molecule has 0 aliphatic heterocycles. The number of nitrogens with zero attached hydrogens (tertiary/aromatic N) is 1. The van der Waals surface area contributed by atoms with Crippen LogP contribution in [0.2, 0.25) is 0 Å². The summed E-state index contributed by atoms with van der Waals surface area (Å²) in [5.74, 6) is 0. The molecule has 1 unspecified atom stereocenters. The molecular formula is C3H5NOS3. The van der Waals surface area contributed by atoms with E-state index in [1.165, 1.54) is 0 Å². The number of hydrogen-bond acceptors (Lipinski definition) is 5. The third-order valence-electron chi connectivity index (χ3n) is 0.417. The normalized spacial score (nSPS) is 12.2. The van der Waals surface area contributed by atoms with E-state index in [9.17, 15) is 0 Å². The van der Waals surface area contributed by atoms with Crippen molar-refractivity contribution < 1.29 is 3.63 Å². The Kier molecular flexibility index (Phi) is 5.92. The van der Waals surface area contributed by atoms with Gasteiger partial charge in [0.25, 0.3) is 0 Å². The zero-order valence-corrected chi connectivity index (χ0v) is 6.72. The summed E-state index contributed by atoms with van der Waals surface area (Å²) in [7, 11) is 0. The Morgan fingerprint density at radius 1 is 2.00 bits per heavy atom. The van der Waals surface area contributed by atoms with Crippen molar-refractivity contribution in [2.24, 2.45) is 4.99 Å². The van der Waals surface area contributed by atoms with E-state index in [1.807, 2.05) is 6.92 Å². The van der Waals surface area contributed by atoms with Crippen LogP contribution in [-0.4, -0.2) is 10.5 Å². The lowest BCUT2D eigenvalue weighted by Crippen LogP contribution is -1.86. The average molecular weight is 167 g/mol. The lowest BCUT2D eigenvalue weighted by molar-refractivity contribution is 0.757. The van der Waals surface area contributed by atoms with E-state index in [0.29, 0.717) is 0 Å². The molecule has 0 aromatic heterocycles. The highest BCUT2D eigenvalue weighted by molar-refractivity contribution is 8.02. The average Bonchev–Trinajstić information content (AvgIpc) is 1.68. The van der Waals surface area contributed by atoms with Crippen molar-refractivity contribution in [2.45, 2.75) is 12.3 Å². The summed E-state index contributed by atoms with van der Waals surface area (Å²) in [6, 6.07) is 0. The monoisotopic (exact) mass is 167 g/mol. The smallest absolute Gasteiger partial charge is 0.130 e. The minimum absolute atomic E-state index is 0.00926. The van der Waals surface area contributed by atoms with E-state index >= 15 is 0 Å². The van der Waals surface area contributed by atoms with Gasteiger partial charge in [-0.3, -0.25) is 0 Å². The number of thiocarbonyl (C=S) groups is 1. The minimum Gasteiger partial charge on any atom is -0.248 e. The van der Waals surface area contributed by atoms with Gasteiger partial charge in [-0.25, -0.2) is 8.62 Å². The highest BCUT2D eigenvalue weighted by atomic mass is 32.2. The van der Waals surface area contributed by atoms with Crippen LogP contribution in [-0.2, 0) is 3.63 Å². The van der Waals surface area contributed by atoms with Crippen LogP contribution in [0.4, 0.5) is 0 Å². The summed E-state index contributed by atoms with van der Waals surface area (Å²) in [6.07, 6.45) is 0. The maximum absolute atomic E-state index is 4.39. The lowest BCUT2D eigenvalue weighted by Gasteiger charge is -1.95. The van der Waals surface area contributed by atoms with Crippen molar-refractivity contribution >= 4 is 42.3 Å². The highest BCUT2D eigenvalue weighted by Gasteiger charge is 1.94. The van der Waals surface area contributed by atoms with Crippen LogP contribution in [0.25, 0.3) is 0 Å². The van der Waals surface area contributed by atoms with Gasteiger partial charge in [0.2, 0.25) is 0 Å². The molecule has 0 aromatic carbocycles. The molecule has 0 bridgehead atoms. The van der Waals surface area contributed by atoms with Gasteiger partial charge in [0, 0.05) is 12.0 Å². The fourth-order valence-electron chi connectivity index (χ4n) is 0.158. The summed E-state index contributed by atoms with van der Waals surface area (Å²) in [5.41, 5.74) is 0. The molecule has 0 saturated heterocycles. The van der Waals surface area contributed by atoms with Gasteiger partial charge >= 0.3 is 0 Å². The van der Waals surface area contributed by atoms with Gasteiger partial charge < -0.3 is 0 Å². The van der Waals surface area contributed by atoms with Crippen LogP contribution in [0, 0.1) is 0 Å². The number of isothiocyanates is 1. The van der Waals surface area contributed by atoms with Crippen molar-refractivity contribution in [1.29, 1.82) is 0 Å². The van der Waals surface area contributed by atoms with Crippen molar-refractivity contribution in [3.63, 3.8) is 0 Å². The molecule has 0 heterocycles. The van der Waals surface area contributed by atoms with Crippen LogP contribution in [0.3, 0.4) is 0 Å². The summed E-state index contributed by atoms with van der Waals surface area (Å²) < 4.78 is 4.39. The molecule has 2 nitrogen and oxygen atoms in total. The molecule has 46 valence electrons. The molecule has 0 rings (SSSR count). The molecule has 0 radical (unpaired) electrons. The first-order valence-corrected chi connectivity index (χ1v) is 3.43. The van der Waals surface area contributed by atoms with Crippen LogP contribution in [0.5, 0.6) is 0 Å². The molecule has 0 aliphatic rings. The molecule has 0 aromatic rings. The summed E-state index contributed by atoms with van der Waals surface area (Å²) >= 11 is 8.95. The molecule has 0 fully saturated rings. The first kappa shape index (κ1) is 8.46. The molecule has 0 spiro atoms. The van der Waals surface area contributed by atoms with E-state index < -0.39 is 0 Å². The van der Waals surface area contributed by atoms with Crippen LogP contribution in [0.15, 0.2) is 4.99 Å². The summed E-state index contributed by atoms with van der Waals surface area (Å²) in [4.78, 5) is 3.67. The SMILES string of the molecule is CC(N=C=S)SOS. The van der Waals surface area contributed by atoms with Crippen LogP contribution in [0.1, 0.15) is 6.92 Å². The van der Waals surface area contributed by atoms with Gasteiger partial charge in [-0.1, -0.05) is 0 Å². The summed E-state index contributed by atoms with van der Waals surface area (Å²) in [6.45, 7) is 1.83. The van der Waals surface area contributed by atoms with E-state index in [0.717, 1.165) is 12.0 Å². The number of aliphatic imine (C=N–C) groups is 1. The van der Waals surface area contributed by atoms with Gasteiger partial charge in [0.15, 0.2) is 0 Å². The first-order valence-electron chi connectivity index (χ1n) is 1.85. The second-order valence-electron chi connectivity index (χ2n) is 0.990.